The van der Waals surface area contributed by atoms with Crippen LogP contribution in [0.15, 0.2) is 60.7 Å². The molecule has 0 saturated heterocycles. The number of hydrogen-bond donors (Lipinski definition) is 0. The van der Waals surface area contributed by atoms with Gasteiger partial charge in [-0.05, 0) is 27.6 Å². The molecule has 96 valence electrons. The fraction of sp³-hybridized carbons (Fsp3) is 0.100. The van der Waals surface area contributed by atoms with Crippen molar-refractivity contribution in [2.45, 2.75) is 13.8 Å². The highest BCUT2D eigenvalue weighted by Crippen LogP contribution is 2.28. The molecule has 0 amide bonds. The van der Waals surface area contributed by atoms with Crippen molar-refractivity contribution >= 4 is 32.3 Å². The highest BCUT2D eigenvalue weighted by Gasteiger charge is 2.02. The average molecular weight is 256 g/mol. The van der Waals surface area contributed by atoms with Crippen LogP contribution in [-0.2, 0) is 0 Å². The van der Waals surface area contributed by atoms with Crippen LogP contribution in [0.2, 0.25) is 0 Å². The van der Waals surface area contributed by atoms with Gasteiger partial charge in [0.2, 0.25) is 0 Å². The summed E-state index contributed by atoms with van der Waals surface area (Å²) in [5, 5.41) is 7.29. The molecule has 0 spiro atoms. The summed E-state index contributed by atoms with van der Waals surface area (Å²) in [7, 11) is 0. The van der Waals surface area contributed by atoms with E-state index in [0.29, 0.717) is 0 Å². The maximum absolute atomic E-state index is 3.31. The van der Waals surface area contributed by atoms with Gasteiger partial charge in [-0.3, -0.25) is 0 Å². The Kier molecular flexibility index (Phi) is 3.27. The van der Waals surface area contributed by atoms with Gasteiger partial charge in [-0.15, -0.1) is 0 Å². The lowest BCUT2D eigenvalue weighted by molar-refractivity contribution is 1.50. The molecule has 0 fully saturated rings. The zero-order valence-corrected chi connectivity index (χ0v) is 11.8. The summed E-state index contributed by atoms with van der Waals surface area (Å²) >= 11 is 0. The van der Waals surface area contributed by atoms with Crippen molar-refractivity contribution in [1.82, 2.24) is 0 Å². The Morgan fingerprint density at radius 3 is 2.15 bits per heavy atom. The lowest BCUT2D eigenvalue weighted by Crippen LogP contribution is -1.78. The van der Waals surface area contributed by atoms with Gasteiger partial charge < -0.3 is 0 Å². The SMILES string of the molecule is CC.c1c2ccccc2c2ccc3ccccc3c2c#1. The summed E-state index contributed by atoms with van der Waals surface area (Å²) in [6.07, 6.45) is 0. The Morgan fingerprint density at radius 1 is 0.600 bits per heavy atom. The lowest BCUT2D eigenvalue weighted by Gasteiger charge is -2.03. The Labute approximate surface area is 119 Å². The smallest absolute Gasteiger partial charge is 0.0406 e. The van der Waals surface area contributed by atoms with Gasteiger partial charge >= 0.3 is 0 Å². The third-order valence-electron chi connectivity index (χ3n) is 3.47. The van der Waals surface area contributed by atoms with Gasteiger partial charge in [-0.2, -0.15) is 0 Å². The predicted octanol–water partition coefficient (Wildman–Crippen LogP) is 5.77. The maximum Gasteiger partial charge on any atom is 0.0406 e. The lowest BCUT2D eigenvalue weighted by atomic mass is 9.99. The number of hydrogen-bond acceptors (Lipinski definition) is 0. The minimum Gasteiger partial charge on any atom is -0.0683 e. The largest absolute Gasteiger partial charge is 0.0683 e. The van der Waals surface area contributed by atoms with E-state index in [-0.39, 0.29) is 0 Å². The third-order valence-corrected chi connectivity index (χ3v) is 3.47. The minimum atomic E-state index is 1.13. The van der Waals surface area contributed by atoms with Crippen LogP contribution in [0.3, 0.4) is 0 Å². The van der Waals surface area contributed by atoms with E-state index in [2.05, 4.69) is 66.7 Å². The molecule has 0 N–H and O–H groups in total. The highest BCUT2D eigenvalue weighted by atomic mass is 14.0. The molecule has 0 aliphatic rings. The zero-order chi connectivity index (χ0) is 13.9. The third kappa shape index (κ3) is 1.89. The van der Waals surface area contributed by atoms with Gasteiger partial charge in [0.05, 0.1) is 0 Å². The van der Waals surface area contributed by atoms with E-state index in [9.17, 15) is 0 Å². The van der Waals surface area contributed by atoms with Crippen LogP contribution in [0, 0.1) is 12.1 Å². The van der Waals surface area contributed by atoms with E-state index in [4.69, 9.17) is 0 Å². The van der Waals surface area contributed by atoms with E-state index in [0.717, 1.165) is 10.8 Å². The molecule has 0 nitrogen and oxygen atoms in total. The summed E-state index contributed by atoms with van der Waals surface area (Å²) < 4.78 is 0. The van der Waals surface area contributed by atoms with Crippen molar-refractivity contribution in [1.29, 1.82) is 0 Å². The molecule has 0 radical (unpaired) electrons. The van der Waals surface area contributed by atoms with Gasteiger partial charge in [-0.25, -0.2) is 0 Å². The Bertz CT molecular complexity index is 797. The van der Waals surface area contributed by atoms with Crippen molar-refractivity contribution in [2.75, 3.05) is 0 Å². The first-order chi connectivity index (χ1) is 9.93. The van der Waals surface area contributed by atoms with Crippen LogP contribution >= 0.6 is 0 Å². The minimum absolute atomic E-state index is 1.13. The van der Waals surface area contributed by atoms with Gasteiger partial charge in [-0.1, -0.05) is 80.6 Å². The van der Waals surface area contributed by atoms with E-state index in [1.807, 2.05) is 19.9 Å². The van der Waals surface area contributed by atoms with Crippen LogP contribution < -0.4 is 0 Å². The molecule has 0 aromatic heterocycles. The van der Waals surface area contributed by atoms with Crippen LogP contribution in [-0.4, -0.2) is 0 Å². The monoisotopic (exact) mass is 256 g/mol. The van der Waals surface area contributed by atoms with E-state index >= 15 is 0 Å². The Morgan fingerprint density at radius 2 is 1.30 bits per heavy atom. The molecular formula is C20H16. The van der Waals surface area contributed by atoms with Crippen LogP contribution in [0.5, 0.6) is 0 Å². The first kappa shape index (κ1) is 12.5. The molecule has 0 saturated carbocycles. The summed E-state index contributed by atoms with van der Waals surface area (Å²) in [6, 6.07) is 27.7. The van der Waals surface area contributed by atoms with E-state index < -0.39 is 0 Å². The standard InChI is InChI=1S/C18H10.C2H6/c1-3-7-15-13(5-1)9-11-18-16-8-4-2-6-14(16)10-12-17(15)18;1-2/h1-9,11H;1-2H3. The van der Waals surface area contributed by atoms with Crippen molar-refractivity contribution in [3.63, 3.8) is 0 Å². The van der Waals surface area contributed by atoms with Crippen LogP contribution in [0.4, 0.5) is 0 Å². The molecule has 0 unspecified atom stereocenters. The molecule has 4 rings (SSSR count). The number of rotatable bonds is 0. The Balaban J connectivity index is 0.000000581. The molecule has 0 aliphatic carbocycles. The molecule has 0 aliphatic heterocycles. The van der Waals surface area contributed by atoms with Gasteiger partial charge in [0.25, 0.3) is 0 Å². The molecular weight excluding hydrogens is 240 g/mol. The molecule has 0 heterocycles. The fourth-order valence-electron chi connectivity index (χ4n) is 2.59. The van der Waals surface area contributed by atoms with Crippen molar-refractivity contribution < 1.29 is 0 Å². The van der Waals surface area contributed by atoms with E-state index in [1.165, 1.54) is 21.5 Å². The topological polar surface area (TPSA) is 0 Å². The molecule has 0 bridgehead atoms. The second-order valence-electron chi connectivity index (χ2n) is 4.50. The van der Waals surface area contributed by atoms with Crippen LogP contribution in [0.25, 0.3) is 32.3 Å². The van der Waals surface area contributed by atoms with Gasteiger partial charge in [0.1, 0.15) is 0 Å². The van der Waals surface area contributed by atoms with Crippen molar-refractivity contribution in [3.8, 4) is 0 Å². The second kappa shape index (κ2) is 5.23. The van der Waals surface area contributed by atoms with Crippen molar-refractivity contribution in [3.05, 3.63) is 72.8 Å². The quantitative estimate of drug-likeness (QED) is 0.374. The fourth-order valence-corrected chi connectivity index (χ4v) is 2.59. The Hall–Kier alpha value is -2.52. The van der Waals surface area contributed by atoms with Gasteiger partial charge in [0.15, 0.2) is 0 Å². The maximum atomic E-state index is 3.31. The molecule has 0 heteroatoms. The van der Waals surface area contributed by atoms with E-state index in [1.54, 1.807) is 0 Å². The first-order valence-electron chi connectivity index (χ1n) is 7.07. The summed E-state index contributed by atoms with van der Waals surface area (Å²) in [4.78, 5) is 0. The zero-order valence-electron chi connectivity index (χ0n) is 11.8. The average Bonchev–Trinajstić information content (AvgIpc) is 2.56. The predicted molar refractivity (Wildman–Crippen MR) is 88.0 cm³/mol. The molecule has 4 aromatic carbocycles. The van der Waals surface area contributed by atoms with Gasteiger partial charge in [0, 0.05) is 10.8 Å². The molecule has 0 atom stereocenters. The van der Waals surface area contributed by atoms with Crippen molar-refractivity contribution in [2.24, 2.45) is 0 Å². The normalized spacial score (nSPS) is 10.1. The second-order valence-corrected chi connectivity index (χ2v) is 4.50. The molecule has 4 aromatic rings. The highest BCUT2D eigenvalue weighted by molar-refractivity contribution is 6.15. The molecule has 20 heavy (non-hydrogen) atoms. The van der Waals surface area contributed by atoms with Crippen LogP contribution in [0.1, 0.15) is 13.8 Å². The summed E-state index contributed by atoms with van der Waals surface area (Å²) in [5.41, 5.74) is 0. The number of benzene rings is 3. The summed E-state index contributed by atoms with van der Waals surface area (Å²) in [6.45, 7) is 4.00. The summed E-state index contributed by atoms with van der Waals surface area (Å²) in [5.74, 6) is 0. The first-order valence-corrected chi connectivity index (χ1v) is 7.07. The number of fused-ring (bicyclic) bond motifs is 5.